The van der Waals surface area contributed by atoms with Crippen molar-refractivity contribution in [1.29, 1.82) is 0 Å². The summed E-state index contributed by atoms with van der Waals surface area (Å²) in [5.41, 5.74) is -0.0935. The van der Waals surface area contributed by atoms with Crippen LogP contribution in [0.5, 0.6) is 0 Å². The van der Waals surface area contributed by atoms with E-state index >= 15 is 0 Å². The Labute approximate surface area is 163 Å². The minimum Gasteiger partial charge on any atom is -0.481 e. The van der Waals surface area contributed by atoms with Crippen LogP contribution in [0.25, 0.3) is 0 Å². The van der Waals surface area contributed by atoms with Crippen molar-refractivity contribution >= 4 is 23.9 Å². The number of carboxylic acids is 4. The van der Waals surface area contributed by atoms with Crippen LogP contribution in [-0.2, 0) is 22.7 Å². The number of hydrogen-bond donors (Lipinski definition) is 4. The summed E-state index contributed by atoms with van der Waals surface area (Å²) in [5, 5.41) is 36.7. The highest BCUT2D eigenvalue weighted by atomic mass is 16.4. The molecule has 0 aliphatic heterocycles. The highest BCUT2D eigenvalue weighted by Gasteiger charge is 2.29. The minimum atomic E-state index is -1.47. The summed E-state index contributed by atoms with van der Waals surface area (Å²) in [7, 11) is 0. The number of rotatable bonds is 10. The molecular weight excluding hydrogens is 386 g/mol. The maximum atomic E-state index is 11.7. The molecule has 0 saturated carbocycles. The molecule has 0 bridgehead atoms. The van der Waals surface area contributed by atoms with Gasteiger partial charge in [0.1, 0.15) is 17.4 Å². The van der Waals surface area contributed by atoms with Gasteiger partial charge in [-0.25, -0.2) is 19.6 Å². The van der Waals surface area contributed by atoms with Crippen LogP contribution in [0, 0.1) is 0 Å². The number of aromatic nitrogens is 2. The first-order valence-corrected chi connectivity index (χ1v) is 8.24. The lowest BCUT2D eigenvalue weighted by Crippen LogP contribution is -2.42. The van der Waals surface area contributed by atoms with Crippen molar-refractivity contribution in [2.24, 2.45) is 0 Å². The Hall–Kier alpha value is -3.86. The highest BCUT2D eigenvalue weighted by molar-refractivity contribution is 5.85. The Bertz CT molecular complexity index is 887. The van der Waals surface area contributed by atoms with Gasteiger partial charge in [0.25, 0.3) is 0 Å². The van der Waals surface area contributed by atoms with Gasteiger partial charge in [-0.2, -0.15) is 0 Å². The second-order valence-corrected chi connectivity index (χ2v) is 6.00. The van der Waals surface area contributed by atoms with E-state index < -0.39 is 36.3 Å². The van der Waals surface area contributed by atoms with Crippen LogP contribution < -0.4 is 0 Å². The van der Waals surface area contributed by atoms with Crippen LogP contribution in [0.15, 0.2) is 36.4 Å². The summed E-state index contributed by atoms with van der Waals surface area (Å²) in [5.74, 6) is -5.29. The normalized spacial score (nSPS) is 11.8. The van der Waals surface area contributed by atoms with Crippen LogP contribution in [0.2, 0.25) is 0 Å². The molecule has 0 aliphatic rings. The molecule has 152 valence electrons. The molecule has 0 saturated heterocycles. The largest absolute Gasteiger partial charge is 0.481 e. The molecule has 11 nitrogen and oxygen atoms in total. The van der Waals surface area contributed by atoms with Crippen molar-refractivity contribution in [3.63, 3.8) is 0 Å². The molecule has 4 N–H and O–H groups in total. The summed E-state index contributed by atoms with van der Waals surface area (Å²) in [6.45, 7) is -0.380. The first-order chi connectivity index (χ1) is 13.7. The van der Waals surface area contributed by atoms with E-state index in [4.69, 9.17) is 15.3 Å². The van der Waals surface area contributed by atoms with Crippen molar-refractivity contribution in [2.75, 3.05) is 0 Å². The molecule has 0 fully saturated rings. The van der Waals surface area contributed by atoms with Gasteiger partial charge in [0.2, 0.25) is 0 Å². The van der Waals surface area contributed by atoms with Crippen LogP contribution in [-0.4, -0.2) is 65.2 Å². The minimum absolute atomic E-state index is 0.190. The fraction of sp³-hybridized carbons (Fsp3) is 0.222. The molecule has 0 radical (unpaired) electrons. The Kier molecular flexibility index (Phi) is 6.93. The lowest BCUT2D eigenvalue weighted by molar-refractivity contribution is -0.150. The quantitative estimate of drug-likeness (QED) is 0.441. The Morgan fingerprint density at radius 1 is 0.793 bits per heavy atom. The monoisotopic (exact) mass is 403 g/mol. The number of pyridine rings is 2. The second kappa shape index (κ2) is 9.37. The molecule has 0 amide bonds. The zero-order valence-corrected chi connectivity index (χ0v) is 14.9. The third-order valence-corrected chi connectivity index (χ3v) is 3.88. The number of carboxylic acid groups (broad SMARTS) is 4. The molecule has 2 heterocycles. The molecule has 1 atom stereocenters. The maximum Gasteiger partial charge on any atom is 0.354 e. The predicted octanol–water partition coefficient (Wildman–Crippen LogP) is 0.803. The summed E-state index contributed by atoms with van der Waals surface area (Å²) in [6.07, 6.45) is -0.730. The molecule has 2 aromatic heterocycles. The van der Waals surface area contributed by atoms with Gasteiger partial charge in [-0.3, -0.25) is 14.5 Å². The van der Waals surface area contributed by atoms with Gasteiger partial charge in [0.15, 0.2) is 0 Å². The first-order valence-electron chi connectivity index (χ1n) is 8.24. The number of hydrogen-bond acceptors (Lipinski definition) is 7. The van der Waals surface area contributed by atoms with E-state index in [2.05, 4.69) is 9.97 Å². The summed E-state index contributed by atoms with van der Waals surface area (Å²) in [4.78, 5) is 54.1. The van der Waals surface area contributed by atoms with Crippen LogP contribution >= 0.6 is 0 Å². The van der Waals surface area contributed by atoms with Crippen LogP contribution in [0.3, 0.4) is 0 Å². The van der Waals surface area contributed by atoms with Crippen molar-refractivity contribution in [3.05, 3.63) is 59.2 Å². The van der Waals surface area contributed by atoms with Gasteiger partial charge in [-0.15, -0.1) is 0 Å². The lowest BCUT2D eigenvalue weighted by Gasteiger charge is -2.27. The average Bonchev–Trinajstić information content (AvgIpc) is 2.65. The fourth-order valence-electron chi connectivity index (χ4n) is 2.60. The Morgan fingerprint density at radius 3 is 1.59 bits per heavy atom. The average molecular weight is 403 g/mol. The standard InChI is InChI=1S/C18H17N3O8/c22-15(23)7-14(18(28)29)21(8-10-3-1-5-12(19-10)16(24)25)9-11-4-2-6-13(20-11)17(26)27/h1-6,14H,7-9H2,(H,22,23)(H,24,25)(H,26,27)(H,28,29). The van der Waals surface area contributed by atoms with E-state index in [0.717, 1.165) is 0 Å². The third kappa shape index (κ3) is 6.07. The number of nitrogens with zero attached hydrogens (tertiary/aromatic N) is 3. The molecule has 0 aliphatic carbocycles. The molecule has 11 heteroatoms. The van der Waals surface area contributed by atoms with E-state index in [-0.39, 0.29) is 35.9 Å². The lowest BCUT2D eigenvalue weighted by atomic mass is 10.1. The van der Waals surface area contributed by atoms with E-state index in [1.807, 2.05) is 0 Å². The van der Waals surface area contributed by atoms with E-state index in [9.17, 15) is 24.3 Å². The molecule has 0 aromatic carbocycles. The molecule has 2 rings (SSSR count). The van der Waals surface area contributed by atoms with Crippen molar-refractivity contribution in [2.45, 2.75) is 25.6 Å². The highest BCUT2D eigenvalue weighted by Crippen LogP contribution is 2.15. The smallest absolute Gasteiger partial charge is 0.354 e. The second-order valence-electron chi connectivity index (χ2n) is 6.00. The maximum absolute atomic E-state index is 11.7. The van der Waals surface area contributed by atoms with Gasteiger partial charge in [0.05, 0.1) is 17.8 Å². The van der Waals surface area contributed by atoms with E-state index in [1.165, 1.54) is 41.3 Å². The SMILES string of the molecule is O=C(O)CC(C(=O)O)N(Cc1cccc(C(=O)O)n1)Cc1cccc(C(=O)O)n1. The van der Waals surface area contributed by atoms with Crippen LogP contribution in [0.4, 0.5) is 0 Å². The summed E-state index contributed by atoms with van der Waals surface area (Å²) >= 11 is 0. The molecule has 1 unspecified atom stereocenters. The van der Waals surface area contributed by atoms with Crippen LogP contribution in [0.1, 0.15) is 38.8 Å². The molecular formula is C18H17N3O8. The number of aliphatic carboxylic acids is 2. The number of carbonyl (C=O) groups is 4. The zero-order chi connectivity index (χ0) is 21.6. The van der Waals surface area contributed by atoms with E-state index in [0.29, 0.717) is 0 Å². The molecule has 2 aromatic rings. The topological polar surface area (TPSA) is 178 Å². The van der Waals surface area contributed by atoms with Crippen molar-refractivity contribution in [1.82, 2.24) is 14.9 Å². The zero-order valence-electron chi connectivity index (χ0n) is 14.9. The third-order valence-electron chi connectivity index (χ3n) is 3.88. The molecule has 29 heavy (non-hydrogen) atoms. The van der Waals surface area contributed by atoms with E-state index in [1.54, 1.807) is 0 Å². The summed E-state index contributed by atoms with van der Waals surface area (Å²) < 4.78 is 0. The van der Waals surface area contributed by atoms with Gasteiger partial charge < -0.3 is 20.4 Å². The van der Waals surface area contributed by atoms with Gasteiger partial charge in [-0.1, -0.05) is 12.1 Å². The van der Waals surface area contributed by atoms with Gasteiger partial charge in [-0.05, 0) is 24.3 Å². The fourth-order valence-corrected chi connectivity index (χ4v) is 2.60. The van der Waals surface area contributed by atoms with Gasteiger partial charge in [0, 0.05) is 13.1 Å². The van der Waals surface area contributed by atoms with Crippen molar-refractivity contribution in [3.8, 4) is 0 Å². The first kappa shape index (κ1) is 21.4. The predicted molar refractivity (Wildman–Crippen MR) is 95.3 cm³/mol. The van der Waals surface area contributed by atoms with Crippen molar-refractivity contribution < 1.29 is 39.6 Å². The van der Waals surface area contributed by atoms with Gasteiger partial charge >= 0.3 is 23.9 Å². The number of aromatic carboxylic acids is 2. The molecule has 0 spiro atoms. The Balaban J connectivity index is 2.39. The Morgan fingerprint density at radius 2 is 1.24 bits per heavy atom. The summed E-state index contributed by atoms with van der Waals surface area (Å²) in [6, 6.07) is 6.86.